The zero-order valence-electron chi connectivity index (χ0n) is 19.8. The fourth-order valence-corrected chi connectivity index (χ4v) is 4.89. The van der Waals surface area contributed by atoms with Crippen molar-refractivity contribution in [3.8, 4) is 5.75 Å². The summed E-state index contributed by atoms with van der Waals surface area (Å²) < 4.78 is 32.8. The molecule has 4 rings (SSSR count). The summed E-state index contributed by atoms with van der Waals surface area (Å²) in [6, 6.07) is 22.5. The molecule has 39 heavy (non-hydrogen) atoms. The van der Waals surface area contributed by atoms with Gasteiger partial charge in [0, 0.05) is 21.3 Å². The first-order valence-corrected chi connectivity index (χ1v) is 13.7. The Morgan fingerprint density at radius 1 is 0.821 bits per heavy atom. The number of hydrogen-bond donors (Lipinski definition) is 2. The van der Waals surface area contributed by atoms with Gasteiger partial charge in [-0.15, -0.1) is 0 Å². The molecule has 0 heterocycles. The second-order valence-electron chi connectivity index (χ2n) is 7.92. The number of benzene rings is 4. The summed E-state index contributed by atoms with van der Waals surface area (Å²) >= 11 is 17.7. The fraction of sp³-hybridized carbons (Fsp3) is 0. The quantitative estimate of drug-likeness (QED) is 0.104. The van der Waals surface area contributed by atoms with Crippen molar-refractivity contribution in [1.82, 2.24) is 5.43 Å². The molecule has 0 spiro atoms. The predicted molar refractivity (Wildman–Crippen MR) is 152 cm³/mol. The minimum atomic E-state index is -3.81. The van der Waals surface area contributed by atoms with Crippen molar-refractivity contribution in [2.75, 3.05) is 4.72 Å². The summed E-state index contributed by atoms with van der Waals surface area (Å²) in [5.74, 6) is -0.922. The van der Waals surface area contributed by atoms with E-state index in [1.165, 1.54) is 72.9 Å². The molecule has 0 saturated heterocycles. The normalized spacial score (nSPS) is 11.3. The molecule has 4 aromatic rings. The maximum atomic E-state index is 12.5. The van der Waals surface area contributed by atoms with Crippen LogP contribution in [0.5, 0.6) is 5.75 Å². The van der Waals surface area contributed by atoms with Gasteiger partial charge in [0.05, 0.1) is 21.7 Å². The number of hydrazone groups is 1. The van der Waals surface area contributed by atoms with Crippen molar-refractivity contribution >= 4 is 68.6 Å². The summed E-state index contributed by atoms with van der Waals surface area (Å²) in [5.41, 5.74) is 3.63. The van der Waals surface area contributed by atoms with Crippen LogP contribution in [0.3, 0.4) is 0 Å². The lowest BCUT2D eigenvalue weighted by Crippen LogP contribution is -2.18. The van der Waals surface area contributed by atoms with E-state index in [4.69, 9.17) is 39.5 Å². The van der Waals surface area contributed by atoms with Crippen LogP contribution < -0.4 is 14.9 Å². The van der Waals surface area contributed by atoms with E-state index in [9.17, 15) is 18.0 Å². The van der Waals surface area contributed by atoms with Crippen molar-refractivity contribution in [2.24, 2.45) is 5.10 Å². The summed E-state index contributed by atoms with van der Waals surface area (Å²) in [6.07, 6.45) is 1.37. The lowest BCUT2D eigenvalue weighted by molar-refractivity contribution is 0.0734. The highest BCUT2D eigenvalue weighted by Gasteiger charge is 2.15. The zero-order valence-corrected chi connectivity index (χ0v) is 22.9. The van der Waals surface area contributed by atoms with E-state index < -0.39 is 21.9 Å². The number of rotatable bonds is 8. The summed E-state index contributed by atoms with van der Waals surface area (Å²) in [7, 11) is -3.81. The van der Waals surface area contributed by atoms with E-state index in [-0.39, 0.29) is 32.5 Å². The molecule has 0 aromatic heterocycles. The highest BCUT2D eigenvalue weighted by atomic mass is 35.5. The second kappa shape index (κ2) is 12.3. The number of amides is 1. The number of carbonyl (C=O) groups excluding carboxylic acids is 2. The largest absolute Gasteiger partial charge is 0.423 e. The Labute approximate surface area is 239 Å². The molecule has 0 atom stereocenters. The Balaban J connectivity index is 1.34. The van der Waals surface area contributed by atoms with Gasteiger partial charge in [-0.1, -0.05) is 46.9 Å². The molecule has 2 N–H and O–H groups in total. The van der Waals surface area contributed by atoms with Gasteiger partial charge >= 0.3 is 5.97 Å². The first kappa shape index (κ1) is 28.1. The minimum absolute atomic E-state index is 0.0515. The monoisotopic (exact) mass is 601 g/mol. The molecule has 0 unspecified atom stereocenters. The summed E-state index contributed by atoms with van der Waals surface area (Å²) in [4.78, 5) is 24.9. The Bertz CT molecular complexity index is 1660. The number of sulfonamides is 1. The fourth-order valence-electron chi connectivity index (χ4n) is 3.22. The Morgan fingerprint density at radius 2 is 1.51 bits per heavy atom. The minimum Gasteiger partial charge on any atom is -0.423 e. The number of halogens is 3. The molecular formula is C27H18Cl3N3O5S. The van der Waals surface area contributed by atoms with Gasteiger partial charge in [0.1, 0.15) is 5.75 Å². The maximum absolute atomic E-state index is 12.5. The van der Waals surface area contributed by atoms with E-state index in [1.807, 2.05) is 0 Å². The molecular weight excluding hydrogens is 585 g/mol. The number of ether oxygens (including phenoxy) is 1. The number of esters is 1. The van der Waals surface area contributed by atoms with E-state index in [2.05, 4.69) is 15.2 Å². The third kappa shape index (κ3) is 7.58. The molecule has 0 bridgehead atoms. The van der Waals surface area contributed by atoms with Crippen LogP contribution in [0.25, 0.3) is 0 Å². The van der Waals surface area contributed by atoms with E-state index >= 15 is 0 Å². The van der Waals surface area contributed by atoms with Crippen LogP contribution in [0.2, 0.25) is 15.1 Å². The summed E-state index contributed by atoms with van der Waals surface area (Å²) in [6.45, 7) is 0. The van der Waals surface area contributed by atoms with Crippen LogP contribution in [0.15, 0.2) is 101 Å². The Morgan fingerprint density at radius 3 is 2.21 bits per heavy atom. The third-order valence-electron chi connectivity index (χ3n) is 5.12. The van der Waals surface area contributed by atoms with Crippen LogP contribution in [-0.4, -0.2) is 26.5 Å². The molecule has 0 saturated carbocycles. The first-order valence-electron chi connectivity index (χ1n) is 11.1. The molecule has 0 aliphatic heterocycles. The number of anilines is 1. The Hall–Kier alpha value is -3.89. The molecule has 0 fully saturated rings. The Kier molecular flexibility index (Phi) is 8.88. The number of carbonyl (C=O) groups is 2. The number of nitrogens with zero attached hydrogens (tertiary/aromatic N) is 1. The summed E-state index contributed by atoms with van der Waals surface area (Å²) in [5, 5.41) is 4.91. The number of nitrogens with one attached hydrogen (secondary N) is 2. The standard InChI is InChI=1S/C27H18Cl3N3O5S/c28-19-6-11-23(12-7-19)39(36,37)33-21-9-4-18(5-10-21)26(34)32-31-16-17-2-1-3-22(14-17)38-27(35)24-13-8-20(29)15-25(24)30/h1-16,33H,(H,32,34)/b31-16+. The van der Waals surface area contributed by atoms with Crippen LogP contribution in [0.4, 0.5) is 5.69 Å². The average molecular weight is 603 g/mol. The second-order valence-corrected chi connectivity index (χ2v) is 10.9. The first-order chi connectivity index (χ1) is 18.6. The van der Waals surface area contributed by atoms with Crippen molar-refractivity contribution in [2.45, 2.75) is 4.90 Å². The van der Waals surface area contributed by atoms with E-state index in [0.717, 1.165) is 0 Å². The maximum Gasteiger partial charge on any atom is 0.345 e. The molecule has 198 valence electrons. The molecule has 0 radical (unpaired) electrons. The van der Waals surface area contributed by atoms with Gasteiger partial charge in [0.2, 0.25) is 0 Å². The number of hydrogen-bond acceptors (Lipinski definition) is 6. The van der Waals surface area contributed by atoms with Crippen LogP contribution >= 0.6 is 34.8 Å². The average Bonchev–Trinajstić information content (AvgIpc) is 2.89. The lowest BCUT2D eigenvalue weighted by Gasteiger charge is -2.09. The van der Waals surface area contributed by atoms with Crippen molar-refractivity contribution < 1.29 is 22.7 Å². The van der Waals surface area contributed by atoms with Gasteiger partial charge < -0.3 is 4.74 Å². The molecule has 8 nitrogen and oxygen atoms in total. The smallest absolute Gasteiger partial charge is 0.345 e. The topological polar surface area (TPSA) is 114 Å². The molecule has 0 aliphatic carbocycles. The van der Waals surface area contributed by atoms with Crippen molar-refractivity contribution in [3.05, 3.63) is 123 Å². The van der Waals surface area contributed by atoms with Crippen molar-refractivity contribution in [3.63, 3.8) is 0 Å². The predicted octanol–water partition coefficient (Wildman–Crippen LogP) is 6.43. The molecule has 12 heteroatoms. The highest BCUT2D eigenvalue weighted by Crippen LogP contribution is 2.23. The van der Waals surface area contributed by atoms with Gasteiger partial charge in [-0.05, 0) is 84.4 Å². The lowest BCUT2D eigenvalue weighted by atomic mass is 10.2. The van der Waals surface area contributed by atoms with Gasteiger partial charge in [0.15, 0.2) is 0 Å². The van der Waals surface area contributed by atoms with Gasteiger partial charge in [0.25, 0.3) is 15.9 Å². The van der Waals surface area contributed by atoms with E-state index in [0.29, 0.717) is 15.6 Å². The highest BCUT2D eigenvalue weighted by molar-refractivity contribution is 7.92. The van der Waals surface area contributed by atoms with Gasteiger partial charge in [-0.25, -0.2) is 18.6 Å². The van der Waals surface area contributed by atoms with E-state index in [1.54, 1.807) is 24.3 Å². The molecule has 1 amide bonds. The molecule has 4 aromatic carbocycles. The molecule has 0 aliphatic rings. The van der Waals surface area contributed by atoms with Crippen LogP contribution in [0.1, 0.15) is 26.3 Å². The van der Waals surface area contributed by atoms with Gasteiger partial charge in [-0.2, -0.15) is 5.10 Å². The van der Waals surface area contributed by atoms with Gasteiger partial charge in [-0.3, -0.25) is 9.52 Å². The van der Waals surface area contributed by atoms with Crippen LogP contribution in [0, 0.1) is 0 Å². The third-order valence-corrected chi connectivity index (χ3v) is 7.32. The SMILES string of the molecule is O=C(N/N=C/c1cccc(OC(=O)c2ccc(Cl)cc2Cl)c1)c1ccc(NS(=O)(=O)c2ccc(Cl)cc2)cc1. The van der Waals surface area contributed by atoms with Crippen LogP contribution in [-0.2, 0) is 10.0 Å². The zero-order chi connectivity index (χ0) is 28.0. The van der Waals surface area contributed by atoms with Crippen molar-refractivity contribution in [1.29, 1.82) is 0 Å².